The van der Waals surface area contributed by atoms with Crippen molar-refractivity contribution in [1.29, 1.82) is 0 Å². The first-order valence-electron chi connectivity index (χ1n) is 16.6. The number of nitrogens with one attached hydrogen (secondary N) is 1. The van der Waals surface area contributed by atoms with Crippen molar-refractivity contribution < 1.29 is 58.0 Å². The van der Waals surface area contributed by atoms with Gasteiger partial charge in [-0.3, -0.25) is 4.79 Å². The Labute approximate surface area is 288 Å². The molecule has 0 radical (unpaired) electrons. The summed E-state index contributed by atoms with van der Waals surface area (Å²) in [4.78, 5) is 14.9. The minimum atomic E-state index is -1.46. The minimum absolute atomic E-state index is 0.131. The molecule has 14 nitrogen and oxygen atoms in total. The smallest absolute Gasteiger partial charge is 0.247 e. The molecule has 3 aliphatic heterocycles. The maximum atomic E-state index is 14.7. The third-order valence-corrected chi connectivity index (χ3v) is 9.39. The van der Waals surface area contributed by atoms with Crippen LogP contribution in [0.15, 0.2) is 53.6 Å². The number of morpholine rings is 1. The highest BCUT2D eigenvalue weighted by molar-refractivity contribution is 5.97. The number of amides is 1. The lowest BCUT2D eigenvalue weighted by Crippen LogP contribution is -2.67. The number of hydrogen-bond acceptors (Lipinski definition) is 13. The summed E-state index contributed by atoms with van der Waals surface area (Å²) in [7, 11) is 0. The van der Waals surface area contributed by atoms with Gasteiger partial charge in [0, 0.05) is 31.1 Å². The van der Waals surface area contributed by atoms with Gasteiger partial charge in [0.15, 0.2) is 0 Å². The van der Waals surface area contributed by atoms with Gasteiger partial charge in [-0.1, -0.05) is 6.07 Å². The Balaban J connectivity index is 1.00. The summed E-state index contributed by atoms with van der Waals surface area (Å²) in [6, 6.07) is 8.52. The summed E-state index contributed by atoms with van der Waals surface area (Å²) < 4.78 is 48.3. The van der Waals surface area contributed by atoms with Crippen molar-refractivity contribution in [2.24, 2.45) is 0 Å². The van der Waals surface area contributed by atoms with Crippen molar-refractivity contribution in [3.63, 3.8) is 0 Å². The van der Waals surface area contributed by atoms with E-state index in [9.17, 15) is 29.6 Å². The molecule has 2 aromatic rings. The van der Waals surface area contributed by atoms with E-state index in [0.29, 0.717) is 49.1 Å². The van der Waals surface area contributed by atoms with Crippen molar-refractivity contribution in [2.75, 3.05) is 50.3 Å². The van der Waals surface area contributed by atoms with Gasteiger partial charge in [-0.15, -0.1) is 0 Å². The number of benzene rings is 2. The second kappa shape index (κ2) is 15.6. The molecule has 50 heavy (non-hydrogen) atoms. The third kappa shape index (κ3) is 7.90. The maximum absolute atomic E-state index is 14.7. The molecule has 0 spiro atoms. The summed E-state index contributed by atoms with van der Waals surface area (Å²) in [6.07, 6.45) is -4.60. The van der Waals surface area contributed by atoms with Crippen LogP contribution in [0.2, 0.25) is 0 Å². The van der Waals surface area contributed by atoms with Crippen molar-refractivity contribution in [3.8, 4) is 11.5 Å². The number of aliphatic hydroxyl groups is 4. The van der Waals surface area contributed by atoms with Gasteiger partial charge in [0.25, 0.3) is 0 Å². The number of nitrogen functional groups attached to an aromatic ring is 1. The minimum Gasteiger partial charge on any atom is -0.489 e. The lowest BCUT2D eigenvalue weighted by atomic mass is 9.83. The van der Waals surface area contributed by atoms with Crippen LogP contribution in [0, 0.1) is 5.82 Å². The van der Waals surface area contributed by atoms with E-state index in [1.54, 1.807) is 56.3 Å². The average Bonchev–Trinajstić information content (AvgIpc) is 3.74. The molecule has 15 heteroatoms. The number of carbonyl (C=O) groups excluding carboxylic acids is 1. The fraction of sp³-hybridized carbons (Fsp3) is 0.514. The van der Waals surface area contributed by atoms with Gasteiger partial charge in [0.2, 0.25) is 12.2 Å². The number of hydrogen-bond donors (Lipinski definition) is 6. The summed E-state index contributed by atoms with van der Waals surface area (Å²) in [5, 5.41) is 44.8. The second-order valence-electron chi connectivity index (χ2n) is 12.9. The predicted octanol–water partition coefficient (Wildman–Crippen LogP) is 0.850. The van der Waals surface area contributed by atoms with Crippen LogP contribution in [0.25, 0.3) is 6.08 Å². The number of halogens is 1. The molecular formula is C35H44FN3O11. The average molecular weight is 702 g/mol. The molecule has 2 aromatic carbocycles. The Kier molecular flexibility index (Phi) is 11.2. The van der Waals surface area contributed by atoms with E-state index in [2.05, 4.69) is 5.32 Å². The van der Waals surface area contributed by atoms with E-state index in [1.165, 1.54) is 6.07 Å². The molecule has 272 valence electrons. The second-order valence-corrected chi connectivity index (χ2v) is 12.9. The van der Waals surface area contributed by atoms with Crippen LogP contribution in [-0.4, -0.2) is 121 Å². The fourth-order valence-electron chi connectivity index (χ4n) is 6.58. The van der Waals surface area contributed by atoms with Gasteiger partial charge < -0.3 is 64.8 Å². The molecule has 0 unspecified atom stereocenters. The summed E-state index contributed by atoms with van der Waals surface area (Å²) in [5.74, 6) is -0.226. The quantitative estimate of drug-likeness (QED) is 0.116. The van der Waals surface area contributed by atoms with Crippen LogP contribution in [0.3, 0.4) is 0 Å². The number of nitrogens with two attached hydrogens (primary N) is 1. The maximum Gasteiger partial charge on any atom is 0.247 e. The number of rotatable bonds is 10. The van der Waals surface area contributed by atoms with E-state index >= 15 is 0 Å². The number of fused-ring (bicyclic) bond motifs is 1. The van der Waals surface area contributed by atoms with Crippen LogP contribution in [0.1, 0.15) is 25.8 Å². The van der Waals surface area contributed by atoms with Crippen molar-refractivity contribution in [3.05, 3.63) is 65.0 Å². The lowest BCUT2D eigenvalue weighted by Gasteiger charge is -2.41. The van der Waals surface area contributed by atoms with Crippen LogP contribution in [0.5, 0.6) is 11.5 Å². The van der Waals surface area contributed by atoms with Gasteiger partial charge in [-0.05, 0) is 61.4 Å². The highest BCUT2D eigenvalue weighted by Gasteiger charge is 2.53. The Hall–Kier alpha value is -3.80. The van der Waals surface area contributed by atoms with Gasteiger partial charge in [0.1, 0.15) is 67.3 Å². The Bertz CT molecular complexity index is 1580. The molecule has 9 atom stereocenters. The number of carbonyl (C=O) groups is 1. The molecule has 3 saturated heterocycles. The standard InChI is InChI=1S/C35H44FN3O11/c1-18(7-10-46-21-4-5-24(22(36)15-21)39-8-11-45-12-9-39)32-25(40)16-27(50-32)49-26-6-3-20(14-23(26)37)13-19(2)35(44)38-28-29(41)31(43)34-33(30(28)42)47-17-48-34/h3-7,13-15,25,27-34,40-43H,8-12,16-17,37H2,1-2H3,(H,38,44)/b18-7+,19-13+/t25-,27+,28+,29-,30+,31+,32+,33-,34+/m0/s1. The Morgan fingerprint density at radius 1 is 1.04 bits per heavy atom. The van der Waals surface area contributed by atoms with Crippen LogP contribution >= 0.6 is 0 Å². The predicted molar refractivity (Wildman–Crippen MR) is 178 cm³/mol. The number of aliphatic hydroxyl groups excluding tert-OH is 4. The number of anilines is 2. The highest BCUT2D eigenvalue weighted by Crippen LogP contribution is 2.33. The molecule has 1 aliphatic carbocycles. The summed E-state index contributed by atoms with van der Waals surface area (Å²) in [5.41, 5.74) is 8.60. The van der Waals surface area contributed by atoms with Crippen LogP contribution in [-0.2, 0) is 23.7 Å². The first-order valence-corrected chi connectivity index (χ1v) is 16.6. The number of ether oxygens (including phenoxy) is 6. The first kappa shape index (κ1) is 36.0. The zero-order valence-electron chi connectivity index (χ0n) is 27.8. The summed E-state index contributed by atoms with van der Waals surface area (Å²) >= 11 is 0. The van der Waals surface area contributed by atoms with E-state index in [0.717, 1.165) is 5.57 Å². The van der Waals surface area contributed by atoms with E-state index < -0.39 is 61.0 Å². The van der Waals surface area contributed by atoms with Crippen molar-refractivity contribution >= 4 is 23.4 Å². The first-order chi connectivity index (χ1) is 24.0. The molecule has 4 aliphatic rings. The molecule has 0 aromatic heterocycles. The summed E-state index contributed by atoms with van der Waals surface area (Å²) in [6.45, 7) is 5.76. The van der Waals surface area contributed by atoms with Crippen molar-refractivity contribution in [1.82, 2.24) is 5.32 Å². The fourth-order valence-corrected chi connectivity index (χ4v) is 6.58. The molecule has 1 saturated carbocycles. The normalized spacial score (nSPS) is 31.7. The molecule has 3 heterocycles. The van der Waals surface area contributed by atoms with E-state index in [-0.39, 0.29) is 36.9 Å². The van der Waals surface area contributed by atoms with Gasteiger partial charge in [-0.25, -0.2) is 4.39 Å². The monoisotopic (exact) mass is 701 g/mol. The lowest BCUT2D eigenvalue weighted by molar-refractivity contribution is -0.155. The SMILES string of the molecule is C/C(=C\c1ccc(O[C@H]2C[C@H](O)[C@@H](/C(C)=C/COc3ccc(N4CCOCC4)c(F)c3)O2)c(N)c1)C(=O)N[C@@H]1[C@H](O)[C@@H](O)[C@H]2OCO[C@H]2[C@@H]1O. The Morgan fingerprint density at radius 3 is 2.50 bits per heavy atom. The van der Waals surface area contributed by atoms with Gasteiger partial charge in [-0.2, -0.15) is 0 Å². The molecule has 1 amide bonds. The largest absolute Gasteiger partial charge is 0.489 e. The topological polar surface area (TPSA) is 195 Å². The molecule has 0 bridgehead atoms. The molecule has 7 N–H and O–H groups in total. The van der Waals surface area contributed by atoms with E-state index in [4.69, 9.17) is 34.2 Å². The van der Waals surface area contributed by atoms with Gasteiger partial charge >= 0.3 is 0 Å². The molecule has 6 rings (SSSR count). The molecule has 4 fully saturated rings. The Morgan fingerprint density at radius 2 is 1.78 bits per heavy atom. The highest BCUT2D eigenvalue weighted by atomic mass is 19.1. The van der Waals surface area contributed by atoms with Crippen LogP contribution < -0.4 is 25.4 Å². The molecular weight excluding hydrogens is 657 g/mol. The number of nitrogens with zero attached hydrogens (tertiary/aromatic N) is 1. The zero-order chi connectivity index (χ0) is 35.5. The van der Waals surface area contributed by atoms with E-state index in [1.807, 2.05) is 4.90 Å². The van der Waals surface area contributed by atoms with Gasteiger partial charge in [0.05, 0.1) is 36.7 Å². The third-order valence-electron chi connectivity index (χ3n) is 9.39. The van der Waals surface area contributed by atoms with Crippen LogP contribution in [0.4, 0.5) is 15.8 Å². The van der Waals surface area contributed by atoms with Crippen molar-refractivity contribution in [2.45, 2.75) is 75.3 Å². The zero-order valence-corrected chi connectivity index (χ0v) is 27.8.